The van der Waals surface area contributed by atoms with Crippen LogP contribution in [0.3, 0.4) is 0 Å². The Labute approximate surface area is 73.3 Å². The number of carbonyl (C=O) groups is 3. The highest BCUT2D eigenvalue weighted by Crippen LogP contribution is 1.88. The first kappa shape index (κ1) is 11.1. The summed E-state index contributed by atoms with van der Waals surface area (Å²) in [7, 11) is 1.42. The molecular weight excluding hydrogens is 179 g/mol. The number of rotatable bonds is 4. The Morgan fingerprint density at radius 1 is 1.33 bits per heavy atom. The summed E-state index contributed by atoms with van der Waals surface area (Å²) < 4.78 is -1.28. The number of amides is 1. The fourth-order valence-electron chi connectivity index (χ4n) is 0.666. The quantitative estimate of drug-likeness (QED) is 0.400. The second kappa shape index (κ2) is 4.88. The van der Waals surface area contributed by atoms with Crippen LogP contribution in [-0.2, 0) is 4.79 Å². The van der Waals surface area contributed by atoms with Crippen LogP contribution >= 0.6 is 0 Å². The maximum atomic E-state index is 10.9. The summed E-state index contributed by atoms with van der Waals surface area (Å²) >= 11 is -3.03. The summed E-state index contributed by atoms with van der Waals surface area (Å²) in [5.74, 6) is 0. The fourth-order valence-corrected chi connectivity index (χ4v) is 1.90. The summed E-state index contributed by atoms with van der Waals surface area (Å²) in [6, 6.07) is 0. The molecule has 0 aromatic heterocycles. The monoisotopic (exact) mass is 188 g/mol. The Hall–Kier alpha value is -0.898. The number of hydrogen-bond acceptors (Lipinski definition) is 4. The van der Waals surface area contributed by atoms with E-state index in [1.807, 2.05) is 0 Å². The van der Waals surface area contributed by atoms with E-state index in [2.05, 4.69) is 10.9 Å². The highest BCUT2D eigenvalue weighted by Gasteiger charge is 2.43. The zero-order chi connectivity index (χ0) is 9.72. The first-order valence-corrected chi connectivity index (χ1v) is 4.93. The van der Waals surface area contributed by atoms with Crippen molar-refractivity contribution in [2.75, 3.05) is 7.05 Å². The van der Waals surface area contributed by atoms with E-state index in [4.69, 9.17) is 5.11 Å². The van der Waals surface area contributed by atoms with Gasteiger partial charge in [0.2, 0.25) is 4.83 Å². The topological polar surface area (TPSA) is 95.5 Å². The summed E-state index contributed by atoms with van der Waals surface area (Å²) in [5, 5.41) is 8.49. The van der Waals surface area contributed by atoms with Gasteiger partial charge >= 0.3 is 14.1 Å². The van der Waals surface area contributed by atoms with Crippen LogP contribution in [-0.4, -0.2) is 40.5 Å². The number of hydrogen-bond donors (Lipinski definition) is 3. The van der Waals surface area contributed by atoms with Gasteiger partial charge in [-0.25, -0.2) is 5.43 Å². The minimum atomic E-state index is -3.03. The van der Waals surface area contributed by atoms with Gasteiger partial charge in [0.05, 0.1) is 4.65 Å². The van der Waals surface area contributed by atoms with Crippen molar-refractivity contribution in [1.82, 2.24) is 10.9 Å². The van der Waals surface area contributed by atoms with Gasteiger partial charge in [-0.2, -0.15) is 0 Å². The third-order valence-corrected chi connectivity index (χ3v) is 3.14. The van der Waals surface area contributed by atoms with E-state index in [1.165, 1.54) is 7.05 Å². The largest absolute Gasteiger partial charge is 0.646 e. The van der Waals surface area contributed by atoms with E-state index in [9.17, 15) is 14.4 Å². The highest BCUT2D eigenvalue weighted by atomic mass is 27.2. The van der Waals surface area contributed by atoms with Gasteiger partial charge in [-0.1, -0.05) is 0 Å². The molecule has 66 valence electrons. The van der Waals surface area contributed by atoms with Crippen molar-refractivity contribution in [3.63, 3.8) is 0 Å². The molecule has 0 aromatic carbocycles. The Balaban J connectivity index is 4.41. The predicted molar refractivity (Wildman–Crippen MR) is 42.1 cm³/mol. The zero-order valence-electron chi connectivity index (χ0n) is 6.75. The molecule has 0 aliphatic carbocycles. The molecule has 0 heterocycles. The number of carboxylic acid groups (broad SMARTS) is 1. The molecule has 0 aliphatic rings. The smallest absolute Gasteiger partial charge is 0.495 e. The molecule has 12 heavy (non-hydrogen) atoms. The van der Waals surface area contributed by atoms with Crippen molar-refractivity contribution in [2.24, 2.45) is 0 Å². The molecule has 7 heteroatoms. The van der Waals surface area contributed by atoms with Crippen molar-refractivity contribution in [1.29, 1.82) is 0 Å². The molecule has 0 fully saturated rings. The van der Waals surface area contributed by atoms with Crippen molar-refractivity contribution in [3.8, 4) is 0 Å². The van der Waals surface area contributed by atoms with Gasteiger partial charge in [0.1, 0.15) is 0 Å². The summed E-state index contributed by atoms with van der Waals surface area (Å²) in [6.07, 6.45) is 0. The SMILES string of the molecule is CNN[C](=O)[Al]([C](C)=O)[C](=O)O. The zero-order valence-corrected chi connectivity index (χ0v) is 7.90. The van der Waals surface area contributed by atoms with E-state index in [0.29, 0.717) is 0 Å². The highest BCUT2D eigenvalue weighted by molar-refractivity contribution is 7.26. The number of nitrogens with one attached hydrogen (secondary N) is 2. The first-order valence-electron chi connectivity index (χ1n) is 3.20. The van der Waals surface area contributed by atoms with Crippen LogP contribution in [0.5, 0.6) is 0 Å². The van der Waals surface area contributed by atoms with Crippen LogP contribution in [0, 0.1) is 0 Å². The van der Waals surface area contributed by atoms with E-state index in [1.54, 1.807) is 0 Å². The van der Waals surface area contributed by atoms with Crippen LogP contribution in [0.15, 0.2) is 0 Å². The van der Waals surface area contributed by atoms with Gasteiger partial charge < -0.3 is 15.3 Å². The van der Waals surface area contributed by atoms with Crippen molar-refractivity contribution >= 4 is 28.4 Å². The lowest BCUT2D eigenvalue weighted by Gasteiger charge is -2.03. The Morgan fingerprint density at radius 2 is 1.83 bits per heavy atom. The van der Waals surface area contributed by atoms with Gasteiger partial charge in [-0.3, -0.25) is 9.59 Å². The van der Waals surface area contributed by atoms with E-state index in [0.717, 1.165) is 6.92 Å². The van der Waals surface area contributed by atoms with Crippen LogP contribution < -0.4 is 10.9 Å². The summed E-state index contributed by atoms with van der Waals surface area (Å²) in [6.45, 7) is 1.11. The van der Waals surface area contributed by atoms with Gasteiger partial charge in [0.25, 0.3) is 0 Å². The normalized spacial score (nSPS) is 8.83. The Morgan fingerprint density at radius 3 is 2.08 bits per heavy atom. The molecule has 1 amide bonds. The predicted octanol–water partition coefficient (Wildman–Crippen LogP) is -0.705. The third kappa shape index (κ3) is 3.00. The third-order valence-electron chi connectivity index (χ3n) is 1.16. The maximum Gasteiger partial charge on any atom is 0.646 e. The molecular formula is C5H9AlN2O4. The van der Waals surface area contributed by atoms with E-state index < -0.39 is 28.4 Å². The van der Waals surface area contributed by atoms with Gasteiger partial charge in [0.15, 0.2) is 4.77 Å². The molecule has 0 atom stereocenters. The maximum absolute atomic E-state index is 10.9. The number of hydrazine groups is 1. The molecule has 0 radical (unpaired) electrons. The van der Waals surface area contributed by atoms with Gasteiger partial charge in [0, 0.05) is 7.05 Å². The molecule has 0 aliphatic heterocycles. The molecule has 0 spiro atoms. The molecule has 0 saturated heterocycles. The van der Waals surface area contributed by atoms with Gasteiger partial charge in [-0.15, -0.1) is 0 Å². The lowest BCUT2D eigenvalue weighted by Crippen LogP contribution is -2.50. The molecule has 0 unspecified atom stereocenters. The second-order valence-corrected chi connectivity index (χ2v) is 4.82. The minimum Gasteiger partial charge on any atom is -0.495 e. The molecule has 0 bridgehead atoms. The molecule has 0 aromatic rings. The van der Waals surface area contributed by atoms with Crippen LogP contribution in [0.25, 0.3) is 0 Å². The van der Waals surface area contributed by atoms with Crippen molar-refractivity contribution < 1.29 is 19.5 Å². The standard InChI is InChI=1S/C2H5N2O.C2H3O.CHO2.Al/c1-3-4-2-5;1-2-3;2-1-3;/h3H,1H3,(H,4,5);1H3;(H,2,3);. The fraction of sp³-hybridized carbons (Fsp3) is 0.400. The Kier molecular flexibility index (Phi) is 4.51. The first-order chi connectivity index (χ1) is 5.50. The van der Waals surface area contributed by atoms with Crippen LogP contribution in [0.4, 0.5) is 9.59 Å². The lowest BCUT2D eigenvalue weighted by atomic mass is 10.9. The minimum absolute atomic E-state index is 0.560. The van der Waals surface area contributed by atoms with Crippen LogP contribution in [0.2, 0.25) is 0 Å². The Bertz CT molecular complexity index is 203. The average molecular weight is 188 g/mol. The summed E-state index contributed by atoms with van der Waals surface area (Å²) in [5.41, 5.74) is 4.36. The van der Waals surface area contributed by atoms with Crippen molar-refractivity contribution in [2.45, 2.75) is 6.92 Å². The second-order valence-electron chi connectivity index (χ2n) is 2.12. The van der Waals surface area contributed by atoms with Crippen molar-refractivity contribution in [3.05, 3.63) is 0 Å². The average Bonchev–Trinajstić information content (AvgIpc) is 1.85. The summed E-state index contributed by atoms with van der Waals surface area (Å²) in [4.78, 5) is 30.7. The lowest BCUT2D eigenvalue weighted by molar-refractivity contribution is -0.110. The van der Waals surface area contributed by atoms with E-state index >= 15 is 0 Å². The van der Waals surface area contributed by atoms with E-state index in [-0.39, 0.29) is 0 Å². The number of carbonyl (C=O) groups excluding carboxylic acids is 2. The van der Waals surface area contributed by atoms with Gasteiger partial charge in [-0.05, 0) is 6.92 Å². The van der Waals surface area contributed by atoms with Crippen LogP contribution in [0.1, 0.15) is 6.92 Å². The molecule has 3 N–H and O–H groups in total. The molecule has 0 rings (SSSR count). The molecule has 6 nitrogen and oxygen atoms in total. The molecule has 0 saturated carbocycles.